The molecule has 0 heterocycles. The van der Waals surface area contributed by atoms with Gasteiger partial charge in [0.1, 0.15) is 0 Å². The highest BCUT2D eigenvalue weighted by Gasteiger charge is 2.10. The van der Waals surface area contributed by atoms with Gasteiger partial charge >= 0.3 is 0 Å². The number of anilines is 1. The number of carbonyl (C=O) groups is 1. The number of halogens is 1. The van der Waals surface area contributed by atoms with Crippen molar-refractivity contribution in [3.05, 3.63) is 52.0 Å². The Bertz CT molecular complexity index is 591. The Balaban J connectivity index is 2.62. The third kappa shape index (κ3) is 2.64. The summed E-state index contributed by atoms with van der Waals surface area (Å²) in [6.07, 6.45) is 0.704. The number of aryl methyl sites for hydroxylation is 3. The van der Waals surface area contributed by atoms with Crippen molar-refractivity contribution in [3.8, 4) is 11.1 Å². The van der Waals surface area contributed by atoms with Crippen molar-refractivity contribution < 1.29 is 4.79 Å². The molecule has 0 aromatic heterocycles. The SMILES string of the molecule is Cc1cc(-c2c(C)cccc2Cl)cc(C)c1NC=O. The van der Waals surface area contributed by atoms with Gasteiger partial charge in [0.25, 0.3) is 0 Å². The van der Waals surface area contributed by atoms with E-state index >= 15 is 0 Å². The van der Waals surface area contributed by atoms with Crippen LogP contribution < -0.4 is 5.32 Å². The fraction of sp³-hybridized carbons (Fsp3) is 0.188. The van der Waals surface area contributed by atoms with Crippen molar-refractivity contribution in [1.82, 2.24) is 0 Å². The predicted octanol–water partition coefficient (Wildman–Crippen LogP) is 4.50. The summed E-state index contributed by atoms with van der Waals surface area (Å²) in [6.45, 7) is 6.01. The number of rotatable bonds is 3. The van der Waals surface area contributed by atoms with Gasteiger partial charge in [0, 0.05) is 16.3 Å². The molecule has 0 radical (unpaired) electrons. The Morgan fingerprint density at radius 2 is 1.68 bits per heavy atom. The van der Waals surface area contributed by atoms with Crippen LogP contribution in [0.15, 0.2) is 30.3 Å². The molecule has 0 aliphatic rings. The van der Waals surface area contributed by atoms with Crippen molar-refractivity contribution >= 4 is 23.7 Å². The molecule has 2 aromatic rings. The molecule has 0 fully saturated rings. The van der Waals surface area contributed by atoms with E-state index in [2.05, 4.69) is 5.32 Å². The zero-order valence-corrected chi connectivity index (χ0v) is 12.0. The summed E-state index contributed by atoms with van der Waals surface area (Å²) >= 11 is 6.30. The van der Waals surface area contributed by atoms with Crippen LogP contribution in [0.4, 0.5) is 5.69 Å². The number of carbonyl (C=O) groups excluding carboxylic acids is 1. The molecule has 19 heavy (non-hydrogen) atoms. The Labute approximate surface area is 118 Å². The van der Waals surface area contributed by atoms with Crippen molar-refractivity contribution in [1.29, 1.82) is 0 Å². The number of amides is 1. The number of nitrogens with one attached hydrogen (secondary N) is 1. The lowest BCUT2D eigenvalue weighted by Gasteiger charge is -2.14. The smallest absolute Gasteiger partial charge is 0.211 e. The van der Waals surface area contributed by atoms with E-state index in [1.165, 1.54) is 0 Å². The summed E-state index contributed by atoms with van der Waals surface area (Å²) in [4.78, 5) is 10.6. The molecule has 0 saturated carbocycles. The number of hydrogen-bond donors (Lipinski definition) is 1. The van der Waals surface area contributed by atoms with E-state index in [1.807, 2.05) is 51.1 Å². The molecule has 3 heteroatoms. The van der Waals surface area contributed by atoms with Crippen molar-refractivity contribution in [2.45, 2.75) is 20.8 Å². The quantitative estimate of drug-likeness (QED) is 0.820. The summed E-state index contributed by atoms with van der Waals surface area (Å²) in [6, 6.07) is 9.99. The molecule has 0 saturated heterocycles. The first-order valence-corrected chi connectivity index (χ1v) is 6.49. The van der Waals surface area contributed by atoms with Crippen molar-refractivity contribution in [3.63, 3.8) is 0 Å². The second-order valence-electron chi connectivity index (χ2n) is 4.68. The molecular formula is C16H16ClNO. The number of benzene rings is 2. The lowest BCUT2D eigenvalue weighted by Crippen LogP contribution is -2.00. The molecule has 0 bridgehead atoms. The van der Waals surface area contributed by atoms with Crippen LogP contribution in [0.2, 0.25) is 5.02 Å². The van der Waals surface area contributed by atoms with Crippen LogP contribution in [-0.4, -0.2) is 6.41 Å². The summed E-state index contributed by atoms with van der Waals surface area (Å²) in [7, 11) is 0. The molecule has 0 spiro atoms. The highest BCUT2D eigenvalue weighted by atomic mass is 35.5. The summed E-state index contributed by atoms with van der Waals surface area (Å²) in [5.74, 6) is 0. The second-order valence-corrected chi connectivity index (χ2v) is 5.09. The van der Waals surface area contributed by atoms with Gasteiger partial charge in [-0.1, -0.05) is 23.7 Å². The molecule has 98 valence electrons. The van der Waals surface area contributed by atoms with Crippen LogP contribution in [0.1, 0.15) is 16.7 Å². The Morgan fingerprint density at radius 3 is 2.21 bits per heavy atom. The van der Waals surface area contributed by atoms with Gasteiger partial charge in [-0.15, -0.1) is 0 Å². The molecule has 0 atom stereocenters. The summed E-state index contributed by atoms with van der Waals surface area (Å²) in [5.41, 5.74) is 6.19. The fourth-order valence-corrected chi connectivity index (χ4v) is 2.72. The van der Waals surface area contributed by atoms with Gasteiger partial charge in [-0.25, -0.2) is 0 Å². The standard InChI is InChI=1S/C16H16ClNO/c1-10-5-4-6-14(17)15(10)13-7-11(2)16(18-9-19)12(3)8-13/h4-9H,1-3H3,(H,18,19). The second kappa shape index (κ2) is 5.45. The third-order valence-electron chi connectivity index (χ3n) is 3.25. The minimum Gasteiger partial charge on any atom is -0.328 e. The van der Waals surface area contributed by atoms with Crippen LogP contribution >= 0.6 is 11.6 Å². The topological polar surface area (TPSA) is 29.1 Å². The van der Waals surface area contributed by atoms with Crippen LogP contribution in [0.3, 0.4) is 0 Å². The zero-order valence-electron chi connectivity index (χ0n) is 11.3. The highest BCUT2D eigenvalue weighted by molar-refractivity contribution is 6.33. The van der Waals surface area contributed by atoms with Crippen LogP contribution in [0.25, 0.3) is 11.1 Å². The minimum atomic E-state index is 0.704. The highest BCUT2D eigenvalue weighted by Crippen LogP contribution is 2.34. The fourth-order valence-electron chi connectivity index (χ4n) is 2.39. The van der Waals surface area contributed by atoms with E-state index in [-0.39, 0.29) is 0 Å². The van der Waals surface area contributed by atoms with Gasteiger partial charge in [-0.3, -0.25) is 4.79 Å². The minimum absolute atomic E-state index is 0.704. The molecule has 2 aromatic carbocycles. The van der Waals surface area contributed by atoms with E-state index < -0.39 is 0 Å². The first kappa shape index (κ1) is 13.6. The maximum Gasteiger partial charge on any atom is 0.211 e. The Hall–Kier alpha value is -1.80. The first-order chi connectivity index (χ1) is 9.04. The van der Waals surface area contributed by atoms with Gasteiger partial charge in [-0.2, -0.15) is 0 Å². The van der Waals surface area contributed by atoms with Crippen molar-refractivity contribution in [2.24, 2.45) is 0 Å². The monoisotopic (exact) mass is 273 g/mol. The Morgan fingerprint density at radius 1 is 1.05 bits per heavy atom. The zero-order chi connectivity index (χ0) is 14.0. The summed E-state index contributed by atoms with van der Waals surface area (Å²) in [5, 5.41) is 3.48. The molecular weight excluding hydrogens is 258 g/mol. The molecule has 0 aliphatic carbocycles. The van der Waals surface area contributed by atoms with Crippen LogP contribution in [0, 0.1) is 20.8 Å². The molecule has 2 nitrogen and oxygen atoms in total. The van der Waals surface area contributed by atoms with Gasteiger partial charge in [0.05, 0.1) is 0 Å². The normalized spacial score (nSPS) is 10.3. The molecule has 1 N–H and O–H groups in total. The van der Waals surface area contributed by atoms with Crippen LogP contribution in [-0.2, 0) is 4.79 Å². The van der Waals surface area contributed by atoms with E-state index in [4.69, 9.17) is 11.6 Å². The average molecular weight is 274 g/mol. The van der Waals surface area contributed by atoms with Crippen molar-refractivity contribution in [2.75, 3.05) is 5.32 Å². The third-order valence-corrected chi connectivity index (χ3v) is 3.56. The number of hydrogen-bond acceptors (Lipinski definition) is 1. The van der Waals surface area contributed by atoms with E-state index in [9.17, 15) is 4.79 Å². The predicted molar refractivity (Wildman–Crippen MR) is 80.8 cm³/mol. The molecule has 2 rings (SSSR count). The van der Waals surface area contributed by atoms with E-state index in [0.717, 1.165) is 38.5 Å². The maximum absolute atomic E-state index is 10.6. The molecule has 0 unspecified atom stereocenters. The lowest BCUT2D eigenvalue weighted by molar-refractivity contribution is -0.105. The average Bonchev–Trinajstić information content (AvgIpc) is 2.33. The van der Waals surface area contributed by atoms with E-state index in [0.29, 0.717) is 6.41 Å². The van der Waals surface area contributed by atoms with Gasteiger partial charge in [0.2, 0.25) is 6.41 Å². The maximum atomic E-state index is 10.6. The Kier molecular flexibility index (Phi) is 3.91. The van der Waals surface area contributed by atoms with E-state index in [1.54, 1.807) is 0 Å². The first-order valence-electron chi connectivity index (χ1n) is 6.11. The van der Waals surface area contributed by atoms with Crippen LogP contribution in [0.5, 0.6) is 0 Å². The summed E-state index contributed by atoms with van der Waals surface area (Å²) < 4.78 is 0. The molecule has 0 aliphatic heterocycles. The largest absolute Gasteiger partial charge is 0.328 e. The molecule has 1 amide bonds. The lowest BCUT2D eigenvalue weighted by atomic mass is 9.96. The van der Waals surface area contributed by atoms with Gasteiger partial charge < -0.3 is 5.32 Å². The van der Waals surface area contributed by atoms with Gasteiger partial charge in [0.15, 0.2) is 0 Å². The van der Waals surface area contributed by atoms with Gasteiger partial charge in [-0.05, 0) is 61.2 Å².